The van der Waals surface area contributed by atoms with Crippen LogP contribution in [0.5, 0.6) is 5.75 Å². The fraction of sp³-hybridized carbons (Fsp3) is 0.600. The first-order valence-electron chi connectivity index (χ1n) is 11.7. The molecule has 1 atom stereocenters. The molecule has 1 aromatic heterocycles. The molecule has 1 fully saturated rings. The van der Waals surface area contributed by atoms with E-state index in [-0.39, 0.29) is 21.8 Å². The maximum Gasteiger partial charge on any atom is 0.210 e. The van der Waals surface area contributed by atoms with Gasteiger partial charge in [-0.05, 0) is 83.2 Å². The summed E-state index contributed by atoms with van der Waals surface area (Å²) in [5.74, 6) is 0.959. The van der Waals surface area contributed by atoms with E-state index < -0.39 is 6.04 Å². The quantitative estimate of drug-likeness (QED) is 0.443. The van der Waals surface area contributed by atoms with Gasteiger partial charge in [0.15, 0.2) is 5.82 Å². The maximum absolute atomic E-state index is 10.8. The van der Waals surface area contributed by atoms with Crippen molar-refractivity contribution in [2.45, 2.75) is 89.9 Å². The molecule has 180 valence electrons. The van der Waals surface area contributed by atoms with Crippen LogP contribution in [0.2, 0.25) is 0 Å². The Hall–Kier alpha value is -2.74. The zero-order chi connectivity index (χ0) is 24.4. The van der Waals surface area contributed by atoms with Crippen molar-refractivity contribution in [2.75, 3.05) is 11.9 Å². The Morgan fingerprint density at radius 1 is 1.18 bits per heavy atom. The molecule has 1 aromatic carbocycles. The van der Waals surface area contributed by atoms with E-state index >= 15 is 0 Å². The lowest BCUT2D eigenvalue weighted by atomic mass is 9.79. The molecule has 2 N–H and O–H groups in total. The highest BCUT2D eigenvalue weighted by Gasteiger charge is 2.39. The van der Waals surface area contributed by atoms with E-state index in [0.717, 1.165) is 24.2 Å². The summed E-state index contributed by atoms with van der Waals surface area (Å²) in [6.07, 6.45) is 3.93. The van der Waals surface area contributed by atoms with Crippen molar-refractivity contribution in [1.29, 1.82) is 0 Å². The number of benzene rings is 1. The average molecular weight is 456 g/mol. The predicted molar refractivity (Wildman–Crippen MR) is 131 cm³/mol. The number of anilines is 1. The van der Waals surface area contributed by atoms with Crippen LogP contribution < -0.4 is 10.2 Å². The number of aromatic nitrogens is 2. The highest BCUT2D eigenvalue weighted by Crippen LogP contribution is 2.33. The molecule has 1 aliphatic heterocycles. The van der Waals surface area contributed by atoms with Gasteiger partial charge in [0.05, 0.1) is 5.69 Å². The number of phenols is 1. The number of piperidine rings is 1. The molecule has 0 bridgehead atoms. The van der Waals surface area contributed by atoms with Gasteiger partial charge in [0, 0.05) is 48.0 Å². The molecule has 0 amide bonds. The second-order valence-corrected chi connectivity index (χ2v) is 10.7. The molecule has 33 heavy (non-hydrogen) atoms. The Morgan fingerprint density at radius 3 is 2.39 bits per heavy atom. The van der Waals surface area contributed by atoms with Crippen molar-refractivity contribution < 1.29 is 10.0 Å². The monoisotopic (exact) mass is 455 g/mol. The number of nitrogens with one attached hydrogen (secondary N) is 1. The Morgan fingerprint density at radius 2 is 1.85 bits per heavy atom. The van der Waals surface area contributed by atoms with Crippen molar-refractivity contribution >= 4 is 5.82 Å². The summed E-state index contributed by atoms with van der Waals surface area (Å²) in [7, 11) is 2.07. The van der Waals surface area contributed by atoms with Crippen LogP contribution in [-0.2, 0) is 6.42 Å². The SMILES string of the molecule is CC(CCCc1ccc(-c2ccc(N(C)C3CC(C)(C)NC(C)(C)C3)nn2)c(O)c1)[N+](=O)[O-]. The molecule has 1 unspecified atom stereocenters. The minimum Gasteiger partial charge on any atom is -0.507 e. The van der Waals surface area contributed by atoms with E-state index in [1.54, 1.807) is 13.0 Å². The molecule has 0 aliphatic carbocycles. The van der Waals surface area contributed by atoms with E-state index in [9.17, 15) is 15.2 Å². The van der Waals surface area contributed by atoms with Gasteiger partial charge >= 0.3 is 0 Å². The summed E-state index contributed by atoms with van der Waals surface area (Å²) in [4.78, 5) is 12.7. The first kappa shape index (κ1) is 24.9. The second-order valence-electron chi connectivity index (χ2n) is 10.7. The number of hydrogen-bond acceptors (Lipinski definition) is 7. The zero-order valence-corrected chi connectivity index (χ0v) is 20.6. The molecule has 2 heterocycles. The number of aryl methyl sites for hydroxylation is 1. The molecular weight excluding hydrogens is 418 g/mol. The fourth-order valence-corrected chi connectivity index (χ4v) is 5.04. The van der Waals surface area contributed by atoms with E-state index in [0.29, 0.717) is 36.6 Å². The Balaban J connectivity index is 1.67. The molecule has 0 radical (unpaired) electrons. The lowest BCUT2D eigenvalue weighted by molar-refractivity contribution is -0.519. The molecule has 8 heteroatoms. The van der Waals surface area contributed by atoms with Gasteiger partial charge in [-0.1, -0.05) is 6.07 Å². The Labute approximate surface area is 196 Å². The number of aromatic hydroxyl groups is 1. The smallest absolute Gasteiger partial charge is 0.210 e. The van der Waals surface area contributed by atoms with Crippen molar-refractivity contribution in [2.24, 2.45) is 0 Å². The number of rotatable bonds is 8. The molecule has 1 saturated heterocycles. The van der Waals surface area contributed by atoms with Gasteiger partial charge in [-0.15, -0.1) is 10.2 Å². The normalized spacial score (nSPS) is 18.6. The van der Waals surface area contributed by atoms with E-state index in [4.69, 9.17) is 0 Å². The van der Waals surface area contributed by atoms with Gasteiger partial charge in [-0.3, -0.25) is 10.1 Å². The summed E-state index contributed by atoms with van der Waals surface area (Å²) in [5, 5.41) is 33.9. The van der Waals surface area contributed by atoms with Gasteiger partial charge < -0.3 is 15.3 Å². The topological polar surface area (TPSA) is 104 Å². The Kier molecular flexibility index (Phi) is 7.26. The van der Waals surface area contributed by atoms with E-state index in [2.05, 4.69) is 55.2 Å². The summed E-state index contributed by atoms with van der Waals surface area (Å²) < 4.78 is 0. The first-order valence-corrected chi connectivity index (χ1v) is 11.7. The van der Waals surface area contributed by atoms with Crippen molar-refractivity contribution in [3.05, 3.63) is 46.0 Å². The maximum atomic E-state index is 10.8. The highest BCUT2D eigenvalue weighted by molar-refractivity contribution is 5.67. The molecular formula is C25H37N5O3. The average Bonchev–Trinajstić information content (AvgIpc) is 2.71. The van der Waals surface area contributed by atoms with Crippen LogP contribution in [0, 0.1) is 10.1 Å². The summed E-state index contributed by atoms with van der Waals surface area (Å²) in [5.41, 5.74) is 2.28. The van der Waals surface area contributed by atoms with Crippen LogP contribution in [-0.4, -0.2) is 50.4 Å². The number of nitro groups is 1. The highest BCUT2D eigenvalue weighted by atomic mass is 16.6. The Bertz CT molecular complexity index is 959. The fourth-order valence-electron chi connectivity index (χ4n) is 5.04. The summed E-state index contributed by atoms with van der Waals surface area (Å²) in [6, 6.07) is 9.14. The zero-order valence-electron chi connectivity index (χ0n) is 20.6. The third-order valence-electron chi connectivity index (χ3n) is 6.51. The van der Waals surface area contributed by atoms with E-state index in [1.807, 2.05) is 24.3 Å². The van der Waals surface area contributed by atoms with Gasteiger partial charge in [0.25, 0.3) is 0 Å². The first-order chi connectivity index (χ1) is 15.4. The van der Waals surface area contributed by atoms with Gasteiger partial charge in [-0.2, -0.15) is 0 Å². The largest absolute Gasteiger partial charge is 0.507 e. The van der Waals surface area contributed by atoms with Crippen LogP contribution in [0.1, 0.15) is 65.9 Å². The molecule has 3 rings (SSSR count). The lowest BCUT2D eigenvalue weighted by Gasteiger charge is -2.49. The standard InChI is InChI=1S/C25H37N5O3/c1-17(30(32)33)8-7-9-18-10-11-20(22(31)14-18)21-12-13-23(27-26-21)29(6)19-15-24(2,3)28-25(4,5)16-19/h10-14,17,19,28,31H,7-9,15-16H2,1-6H3. The van der Waals surface area contributed by atoms with Gasteiger partial charge in [0.1, 0.15) is 5.75 Å². The molecule has 8 nitrogen and oxygen atoms in total. The van der Waals surface area contributed by atoms with Gasteiger partial charge in [0.2, 0.25) is 6.04 Å². The number of phenolic OH excluding ortho intramolecular Hbond substituents is 1. The second kappa shape index (κ2) is 9.63. The molecule has 1 aliphatic rings. The van der Waals surface area contributed by atoms with Crippen molar-refractivity contribution in [3.63, 3.8) is 0 Å². The van der Waals surface area contributed by atoms with Crippen LogP contribution in [0.15, 0.2) is 30.3 Å². The van der Waals surface area contributed by atoms with Crippen molar-refractivity contribution in [3.8, 4) is 17.0 Å². The van der Waals surface area contributed by atoms with Crippen LogP contribution >= 0.6 is 0 Å². The van der Waals surface area contributed by atoms with Crippen LogP contribution in [0.25, 0.3) is 11.3 Å². The molecule has 0 saturated carbocycles. The molecule has 0 spiro atoms. The molecule has 2 aromatic rings. The van der Waals surface area contributed by atoms with Crippen LogP contribution in [0.3, 0.4) is 0 Å². The van der Waals surface area contributed by atoms with Crippen LogP contribution in [0.4, 0.5) is 5.82 Å². The minimum absolute atomic E-state index is 0.0446. The summed E-state index contributed by atoms with van der Waals surface area (Å²) >= 11 is 0. The predicted octanol–water partition coefficient (Wildman–Crippen LogP) is 4.58. The number of hydrogen-bond donors (Lipinski definition) is 2. The third-order valence-corrected chi connectivity index (χ3v) is 6.51. The lowest BCUT2D eigenvalue weighted by Crippen LogP contribution is -2.62. The minimum atomic E-state index is -0.549. The van der Waals surface area contributed by atoms with Gasteiger partial charge in [-0.25, -0.2) is 0 Å². The van der Waals surface area contributed by atoms with E-state index in [1.165, 1.54) is 0 Å². The number of nitrogens with zero attached hydrogens (tertiary/aromatic N) is 4. The third kappa shape index (κ3) is 6.41. The van der Waals surface area contributed by atoms with Crippen molar-refractivity contribution in [1.82, 2.24) is 15.5 Å². The summed E-state index contributed by atoms with van der Waals surface area (Å²) in [6.45, 7) is 10.6.